The third kappa shape index (κ3) is 24.0. The number of unbranched alkanes of at least 4 members (excludes halogenated alkanes) is 13. The third-order valence-electron chi connectivity index (χ3n) is 5.76. The first-order chi connectivity index (χ1) is 15.2. The summed E-state index contributed by atoms with van der Waals surface area (Å²) in [5, 5.41) is 9.93. The molecule has 0 saturated heterocycles. The van der Waals surface area contributed by atoms with Gasteiger partial charge in [0.2, 0.25) is 0 Å². The number of carbonyl (C=O) groups is 1. The van der Waals surface area contributed by atoms with Crippen LogP contribution in [0.5, 0.6) is 0 Å². The molecule has 0 radical (unpaired) electrons. The van der Waals surface area contributed by atoms with Crippen LogP contribution in [-0.4, -0.2) is 69.2 Å². The first-order valence-corrected chi connectivity index (χ1v) is 13.5. The number of carbonyl (C=O) groups excluding carboxylic acids is 1. The molecule has 0 spiro atoms. The fraction of sp³-hybridized carbons (Fsp3) is 0.963. The lowest BCUT2D eigenvalue weighted by molar-refractivity contribution is -0.873. The van der Waals surface area contributed by atoms with E-state index in [1.807, 2.05) is 0 Å². The summed E-state index contributed by atoms with van der Waals surface area (Å²) in [6, 6.07) is 0. The topological polar surface area (TPSA) is 55.8 Å². The Morgan fingerprint density at radius 2 is 1.25 bits per heavy atom. The summed E-state index contributed by atoms with van der Waals surface area (Å²) in [6.07, 6.45) is 18.4. The Hall–Kier alpha value is -0.650. The van der Waals surface area contributed by atoms with E-state index in [-0.39, 0.29) is 25.1 Å². The number of hydrogen-bond donors (Lipinski definition) is 1. The molecule has 5 heteroatoms. The maximum atomic E-state index is 11.9. The van der Waals surface area contributed by atoms with Crippen molar-refractivity contribution in [3.05, 3.63) is 0 Å². The Morgan fingerprint density at radius 1 is 0.781 bits per heavy atom. The second kappa shape index (κ2) is 20.9. The summed E-state index contributed by atoms with van der Waals surface area (Å²) in [5.41, 5.74) is 0. The van der Waals surface area contributed by atoms with Crippen LogP contribution in [0.3, 0.4) is 0 Å². The van der Waals surface area contributed by atoms with Gasteiger partial charge in [0, 0.05) is 12.5 Å². The lowest BCUT2D eigenvalue weighted by Gasteiger charge is -2.27. The van der Waals surface area contributed by atoms with Crippen LogP contribution >= 0.6 is 0 Å². The number of hydrogen-bond acceptors (Lipinski definition) is 4. The van der Waals surface area contributed by atoms with Crippen molar-refractivity contribution in [2.45, 2.75) is 116 Å². The average molecular weight is 459 g/mol. The Bertz CT molecular complexity index is 422. The molecule has 0 fully saturated rings. The highest BCUT2D eigenvalue weighted by Crippen LogP contribution is 2.13. The number of aliphatic hydroxyl groups excluding tert-OH is 1. The maximum Gasteiger partial charge on any atom is 0.306 e. The van der Waals surface area contributed by atoms with Crippen LogP contribution in [0, 0.1) is 5.92 Å². The van der Waals surface area contributed by atoms with Gasteiger partial charge in [-0.2, -0.15) is 0 Å². The van der Waals surface area contributed by atoms with Gasteiger partial charge in [-0.3, -0.25) is 4.79 Å². The Labute approximate surface area is 199 Å². The van der Waals surface area contributed by atoms with Gasteiger partial charge >= 0.3 is 5.97 Å². The first kappa shape index (κ1) is 31.4. The fourth-order valence-corrected chi connectivity index (χ4v) is 4.20. The van der Waals surface area contributed by atoms with E-state index in [1.54, 1.807) is 0 Å². The number of rotatable bonds is 23. The molecule has 32 heavy (non-hydrogen) atoms. The quantitative estimate of drug-likeness (QED) is 0.114. The normalized spacial score (nSPS) is 13.8. The van der Waals surface area contributed by atoms with Gasteiger partial charge in [-0.15, -0.1) is 0 Å². The lowest BCUT2D eigenvalue weighted by Crippen LogP contribution is -2.39. The Balaban J connectivity index is 3.37. The van der Waals surface area contributed by atoms with Gasteiger partial charge in [-0.25, -0.2) is 0 Å². The fourth-order valence-electron chi connectivity index (χ4n) is 4.20. The van der Waals surface area contributed by atoms with Crippen LogP contribution in [0.4, 0.5) is 0 Å². The monoisotopic (exact) mass is 458 g/mol. The molecule has 2 atom stereocenters. The number of nitrogens with zero attached hydrogens (tertiary/aromatic N) is 1. The van der Waals surface area contributed by atoms with Crippen molar-refractivity contribution in [3.8, 4) is 0 Å². The highest BCUT2D eigenvalue weighted by atomic mass is 16.5. The van der Waals surface area contributed by atoms with E-state index in [9.17, 15) is 9.90 Å². The van der Waals surface area contributed by atoms with E-state index in [1.165, 1.54) is 83.5 Å². The molecule has 1 N–H and O–H groups in total. The van der Waals surface area contributed by atoms with E-state index in [4.69, 9.17) is 9.47 Å². The van der Waals surface area contributed by atoms with Crippen LogP contribution in [0.1, 0.15) is 110 Å². The number of esters is 1. The summed E-state index contributed by atoms with van der Waals surface area (Å²) in [6.45, 7) is 6.18. The zero-order valence-corrected chi connectivity index (χ0v) is 22.2. The van der Waals surface area contributed by atoms with E-state index in [0.717, 1.165) is 17.4 Å². The van der Waals surface area contributed by atoms with Gasteiger partial charge in [0.25, 0.3) is 0 Å². The van der Waals surface area contributed by atoms with Crippen molar-refractivity contribution in [3.63, 3.8) is 0 Å². The van der Waals surface area contributed by atoms with Gasteiger partial charge in [-0.1, -0.05) is 97.3 Å². The molecular weight excluding hydrogens is 402 g/mol. The van der Waals surface area contributed by atoms with Crippen molar-refractivity contribution in [2.24, 2.45) is 5.92 Å². The molecule has 0 aromatic rings. The number of quaternary nitrogens is 1. The van der Waals surface area contributed by atoms with Crippen molar-refractivity contribution in [1.82, 2.24) is 0 Å². The predicted octanol–water partition coefficient (Wildman–Crippen LogP) is 6.12. The Morgan fingerprint density at radius 3 is 1.72 bits per heavy atom. The molecule has 0 amide bonds. The minimum atomic E-state index is -0.737. The van der Waals surface area contributed by atoms with Crippen molar-refractivity contribution < 1.29 is 23.9 Å². The van der Waals surface area contributed by atoms with Gasteiger partial charge in [0.05, 0.1) is 40.7 Å². The maximum absolute atomic E-state index is 11.9. The van der Waals surface area contributed by atoms with Crippen molar-refractivity contribution in [1.29, 1.82) is 0 Å². The van der Waals surface area contributed by atoms with Gasteiger partial charge in [-0.05, 0) is 6.42 Å². The van der Waals surface area contributed by atoms with E-state index in [2.05, 4.69) is 35.0 Å². The molecular formula is C27H56NO4+. The minimum absolute atomic E-state index is 0.0225. The van der Waals surface area contributed by atoms with E-state index >= 15 is 0 Å². The van der Waals surface area contributed by atoms with Gasteiger partial charge in [0.15, 0.2) is 0 Å². The second-order valence-corrected chi connectivity index (χ2v) is 10.8. The van der Waals surface area contributed by atoms with Crippen LogP contribution in [0.2, 0.25) is 0 Å². The summed E-state index contributed by atoms with van der Waals surface area (Å²) in [5.74, 6) is 0.0215. The molecule has 0 bridgehead atoms. The smallest absolute Gasteiger partial charge is 0.306 e. The summed E-state index contributed by atoms with van der Waals surface area (Å²) < 4.78 is 11.6. The molecule has 0 rings (SSSR count). The average Bonchev–Trinajstić information content (AvgIpc) is 2.70. The van der Waals surface area contributed by atoms with Crippen LogP contribution < -0.4 is 0 Å². The molecule has 0 aromatic carbocycles. The van der Waals surface area contributed by atoms with E-state index in [0.29, 0.717) is 13.0 Å². The zero-order valence-electron chi connectivity index (χ0n) is 22.2. The second-order valence-electron chi connectivity index (χ2n) is 10.8. The van der Waals surface area contributed by atoms with Crippen molar-refractivity contribution in [2.75, 3.05) is 47.5 Å². The highest BCUT2D eigenvalue weighted by Gasteiger charge is 2.18. The first-order valence-electron chi connectivity index (χ1n) is 13.5. The summed E-state index contributed by atoms with van der Waals surface area (Å²) in [7, 11) is 6.34. The van der Waals surface area contributed by atoms with Crippen molar-refractivity contribution >= 4 is 5.97 Å². The molecule has 2 unspecified atom stereocenters. The molecule has 0 aliphatic heterocycles. The Kier molecular flexibility index (Phi) is 20.5. The van der Waals surface area contributed by atoms with Crippen LogP contribution in [0.15, 0.2) is 0 Å². The van der Waals surface area contributed by atoms with Crippen LogP contribution in [-0.2, 0) is 14.3 Å². The predicted molar refractivity (Wildman–Crippen MR) is 135 cm³/mol. The molecule has 5 nitrogen and oxygen atoms in total. The summed E-state index contributed by atoms with van der Waals surface area (Å²) >= 11 is 0. The minimum Gasteiger partial charge on any atom is -0.463 e. The number of aliphatic hydroxyl groups is 1. The summed E-state index contributed by atoms with van der Waals surface area (Å²) in [4.78, 5) is 11.9. The highest BCUT2D eigenvalue weighted by molar-refractivity contribution is 5.69. The molecule has 0 aromatic heterocycles. The third-order valence-corrected chi connectivity index (χ3v) is 5.76. The van der Waals surface area contributed by atoms with Gasteiger partial charge in [0.1, 0.15) is 12.7 Å². The molecule has 192 valence electrons. The largest absolute Gasteiger partial charge is 0.463 e. The number of ether oxygens (including phenoxy) is 2. The molecule has 0 aliphatic rings. The zero-order chi connectivity index (χ0) is 24.1. The standard InChI is InChI=1S/C27H56NO4/c1-6-7-8-9-10-11-12-13-14-15-16-17-18-19-20-31-23-26(29)24-32-27(30)21-25(2)22-28(3,4)5/h25-26,29H,6-24H2,1-5H3/q+1. The molecule has 0 aliphatic carbocycles. The van der Waals surface area contributed by atoms with E-state index < -0.39 is 6.10 Å². The SMILES string of the molecule is CCCCCCCCCCCCCCCCOCC(O)COC(=O)CC(C)C[N+](C)(C)C. The molecule has 0 heterocycles. The van der Waals surface area contributed by atoms with Crippen LogP contribution in [0.25, 0.3) is 0 Å². The molecule has 0 saturated carbocycles. The lowest BCUT2D eigenvalue weighted by atomic mass is 10.0. The van der Waals surface area contributed by atoms with Gasteiger partial charge < -0.3 is 19.1 Å².